The van der Waals surface area contributed by atoms with Gasteiger partial charge in [0.15, 0.2) is 0 Å². The van der Waals surface area contributed by atoms with E-state index in [1.54, 1.807) is 6.92 Å². The van der Waals surface area contributed by atoms with Crippen molar-refractivity contribution in [2.24, 2.45) is 23.7 Å². The van der Waals surface area contributed by atoms with Crippen LogP contribution < -0.4 is 0 Å². The first-order chi connectivity index (χ1) is 5.70. The topological polar surface area (TPSA) is 26.3 Å². The zero-order valence-corrected chi connectivity index (χ0v) is 12.7. The number of hydrogen-bond donors (Lipinski definition) is 0. The normalized spacial score (nSPS) is 58.9. The molecule has 0 N–H and O–H groups in total. The summed E-state index contributed by atoms with van der Waals surface area (Å²) in [6.45, 7) is 1.54. The summed E-state index contributed by atoms with van der Waals surface area (Å²) >= 11 is 0.894. The van der Waals surface area contributed by atoms with Gasteiger partial charge in [0.2, 0.25) is 0 Å². The minimum absolute atomic E-state index is 0.0706. The van der Waals surface area contributed by atoms with Crippen LogP contribution in [0.2, 0.25) is 3.43 Å². The zero-order valence-electron chi connectivity index (χ0n) is 7.19. The molecule has 0 aromatic rings. The van der Waals surface area contributed by atoms with E-state index in [2.05, 4.69) is 0 Å². The van der Waals surface area contributed by atoms with Crippen LogP contribution in [-0.2, 0) is 35.7 Å². The molecule has 6 atom stereocenters. The molecule has 0 radical (unpaired) electrons. The fourth-order valence-corrected chi connectivity index (χ4v) is 7.97. The van der Waals surface area contributed by atoms with Crippen molar-refractivity contribution < 1.29 is 35.7 Å². The first kappa shape index (κ1) is 7.78. The Kier molecular flexibility index (Phi) is 1.46. The van der Waals surface area contributed by atoms with E-state index in [0.29, 0.717) is 6.10 Å². The van der Waals surface area contributed by atoms with Crippen molar-refractivity contribution >= 4 is 5.97 Å². The van der Waals surface area contributed by atoms with Crippen molar-refractivity contribution in [2.45, 2.75) is 22.9 Å². The number of esters is 1. The molecule has 0 aromatic carbocycles. The molecule has 4 rings (SSSR count). The fourth-order valence-electron chi connectivity index (χ4n) is 3.60. The predicted octanol–water partition coefficient (Wildman–Crippen LogP) is 1.15. The number of carbonyl (C=O) groups is 1. The standard InChI is InChI=1S/C9H11O2.Hg/c1-4(10)11-9-5-2-6-7(3-5)8(6)9;/h2,5-9H,3H2,1H3;. The first-order valence-corrected chi connectivity index (χ1v) is 7.88. The van der Waals surface area contributed by atoms with Crippen molar-refractivity contribution in [2.75, 3.05) is 0 Å². The van der Waals surface area contributed by atoms with E-state index in [0.717, 1.165) is 53.2 Å². The zero-order chi connectivity index (χ0) is 8.46. The molecule has 4 aliphatic carbocycles. The van der Waals surface area contributed by atoms with Crippen LogP contribution in [0.3, 0.4) is 0 Å². The summed E-state index contributed by atoms with van der Waals surface area (Å²) in [5, 5.41) is 0. The summed E-state index contributed by atoms with van der Waals surface area (Å²) in [4.78, 5) is 10.8. The Hall–Kier alpha value is 0.405. The molecule has 6 unspecified atom stereocenters. The molecule has 3 heteroatoms. The van der Waals surface area contributed by atoms with Crippen molar-refractivity contribution in [3.8, 4) is 0 Å². The average Bonchev–Trinajstić information content (AvgIpc) is 2.34. The quantitative estimate of drug-likeness (QED) is 0.523. The average molecular weight is 352 g/mol. The molecule has 0 aliphatic heterocycles. The van der Waals surface area contributed by atoms with Crippen molar-refractivity contribution in [3.05, 3.63) is 0 Å². The Morgan fingerprint density at radius 3 is 2.50 bits per heavy atom. The van der Waals surface area contributed by atoms with Crippen LogP contribution in [0.15, 0.2) is 0 Å². The maximum atomic E-state index is 10.8. The van der Waals surface area contributed by atoms with Gasteiger partial charge in [-0.3, -0.25) is 0 Å². The monoisotopic (exact) mass is 353 g/mol. The predicted molar refractivity (Wildman–Crippen MR) is 37.9 cm³/mol. The Morgan fingerprint density at radius 2 is 2.17 bits per heavy atom. The van der Waals surface area contributed by atoms with Gasteiger partial charge < -0.3 is 0 Å². The van der Waals surface area contributed by atoms with Crippen LogP contribution in [0.5, 0.6) is 0 Å². The van der Waals surface area contributed by atoms with Gasteiger partial charge in [0.1, 0.15) is 0 Å². The first-order valence-electron chi connectivity index (χ1n) is 4.70. The number of rotatable bonds is 1. The number of carbonyl (C=O) groups excluding carboxylic acids is 1. The molecule has 0 aromatic heterocycles. The van der Waals surface area contributed by atoms with E-state index in [1.165, 1.54) is 6.42 Å². The van der Waals surface area contributed by atoms with Gasteiger partial charge in [-0.05, 0) is 0 Å². The van der Waals surface area contributed by atoms with E-state index in [9.17, 15) is 4.79 Å². The van der Waals surface area contributed by atoms with Gasteiger partial charge >= 0.3 is 88.2 Å². The molecule has 0 amide bonds. The van der Waals surface area contributed by atoms with E-state index in [4.69, 9.17) is 4.74 Å². The molecule has 12 heavy (non-hydrogen) atoms. The van der Waals surface area contributed by atoms with Gasteiger partial charge in [0.25, 0.3) is 0 Å². The summed E-state index contributed by atoms with van der Waals surface area (Å²) in [7, 11) is 0. The number of hydrogen-bond acceptors (Lipinski definition) is 2. The third-order valence-electron chi connectivity index (χ3n) is 3.98. The van der Waals surface area contributed by atoms with E-state index in [1.807, 2.05) is 0 Å². The van der Waals surface area contributed by atoms with Gasteiger partial charge in [0, 0.05) is 0 Å². The molecule has 4 fully saturated rings. The number of ether oxygens (including phenoxy) is 1. The summed E-state index contributed by atoms with van der Waals surface area (Å²) in [5.41, 5.74) is 0. The maximum absolute atomic E-state index is 10.8. The Bertz CT molecular complexity index is 253. The molecule has 0 heterocycles. The van der Waals surface area contributed by atoms with Crippen molar-refractivity contribution in [3.63, 3.8) is 0 Å². The van der Waals surface area contributed by atoms with Crippen molar-refractivity contribution in [1.82, 2.24) is 0 Å². The summed E-state index contributed by atoms with van der Waals surface area (Å²) in [5.74, 6) is 3.50. The molecule has 0 spiro atoms. The fraction of sp³-hybridized carbons (Fsp3) is 0.889. The molecular weight excluding hydrogens is 341 g/mol. The van der Waals surface area contributed by atoms with E-state index in [-0.39, 0.29) is 5.97 Å². The van der Waals surface area contributed by atoms with E-state index >= 15 is 0 Å². The van der Waals surface area contributed by atoms with Gasteiger partial charge in [0.05, 0.1) is 0 Å². The van der Waals surface area contributed by atoms with Gasteiger partial charge in [-0.1, -0.05) is 0 Å². The van der Waals surface area contributed by atoms with Crippen LogP contribution in [0.25, 0.3) is 0 Å². The van der Waals surface area contributed by atoms with Crippen LogP contribution in [0.1, 0.15) is 13.3 Å². The van der Waals surface area contributed by atoms with Crippen LogP contribution in [0, 0.1) is 23.7 Å². The summed E-state index contributed by atoms with van der Waals surface area (Å²) < 4.78 is 6.40. The summed E-state index contributed by atoms with van der Waals surface area (Å²) in [6, 6.07) is 0. The Morgan fingerprint density at radius 1 is 1.42 bits per heavy atom. The molecule has 4 bridgehead atoms. The van der Waals surface area contributed by atoms with Crippen LogP contribution in [0.4, 0.5) is 0 Å². The van der Waals surface area contributed by atoms with Crippen LogP contribution in [-0.4, -0.2) is 12.1 Å². The van der Waals surface area contributed by atoms with Gasteiger partial charge in [-0.25, -0.2) is 0 Å². The molecule has 4 aliphatic rings. The SMILES string of the molecule is CC(=O)OC1C2CC3C([CH]2[Hg])C31. The second kappa shape index (κ2) is 2.25. The molecular formula is C9H11HgO2. The summed E-state index contributed by atoms with van der Waals surface area (Å²) in [6.07, 6.45) is 1.72. The van der Waals surface area contributed by atoms with Crippen molar-refractivity contribution in [1.29, 1.82) is 0 Å². The molecule has 61 valence electrons. The molecule has 0 saturated heterocycles. The second-order valence-corrected chi connectivity index (χ2v) is 8.12. The second-order valence-electron chi connectivity index (χ2n) is 4.46. The molecule has 2 nitrogen and oxygen atoms in total. The minimum atomic E-state index is -0.0706. The van der Waals surface area contributed by atoms with E-state index < -0.39 is 0 Å². The molecule has 4 saturated carbocycles. The Labute approximate surface area is 88.0 Å². The van der Waals surface area contributed by atoms with Crippen LogP contribution >= 0.6 is 0 Å². The Balaban J connectivity index is 1.80. The third kappa shape index (κ3) is 0.778. The third-order valence-corrected chi connectivity index (χ3v) is 8.45. The van der Waals surface area contributed by atoms with Gasteiger partial charge in [-0.15, -0.1) is 0 Å². The van der Waals surface area contributed by atoms with Gasteiger partial charge in [-0.2, -0.15) is 0 Å².